The lowest BCUT2D eigenvalue weighted by Crippen LogP contribution is -2.41. The highest BCUT2D eigenvalue weighted by Crippen LogP contribution is 2.40. The molecule has 112 valence electrons. The zero-order chi connectivity index (χ0) is 15.0. The number of anilines is 1. The number of piperidine rings is 1. The molecule has 1 heterocycles. The molecule has 1 fully saturated rings. The molecule has 2 rings (SSSR count). The van der Waals surface area contributed by atoms with Gasteiger partial charge in [0.25, 0.3) is 0 Å². The first-order valence-corrected chi connectivity index (χ1v) is 6.79. The summed E-state index contributed by atoms with van der Waals surface area (Å²) < 4.78 is 39.6. The maximum atomic E-state index is 13.2. The molecule has 0 aromatic heterocycles. The summed E-state index contributed by atoms with van der Waals surface area (Å²) in [5, 5.41) is 9.03. The van der Waals surface area contributed by atoms with E-state index in [0.29, 0.717) is 13.1 Å². The van der Waals surface area contributed by atoms with Crippen molar-refractivity contribution >= 4 is 5.69 Å². The van der Waals surface area contributed by atoms with Crippen molar-refractivity contribution in [3.05, 3.63) is 29.3 Å². The number of alkyl halides is 3. The number of hydrogen-bond donors (Lipinski definition) is 1. The lowest BCUT2D eigenvalue weighted by Gasteiger charge is -2.40. The van der Waals surface area contributed by atoms with Crippen LogP contribution < -0.4 is 4.90 Å². The minimum Gasteiger partial charge on any atom is -0.392 e. The van der Waals surface area contributed by atoms with Gasteiger partial charge in [-0.05, 0) is 36.0 Å². The zero-order valence-corrected chi connectivity index (χ0v) is 11.8. The van der Waals surface area contributed by atoms with Gasteiger partial charge < -0.3 is 10.0 Å². The van der Waals surface area contributed by atoms with Gasteiger partial charge in [-0.2, -0.15) is 13.2 Å². The van der Waals surface area contributed by atoms with Gasteiger partial charge in [-0.15, -0.1) is 0 Å². The molecular weight excluding hydrogens is 267 g/mol. The van der Waals surface area contributed by atoms with E-state index < -0.39 is 11.7 Å². The van der Waals surface area contributed by atoms with Crippen LogP contribution in [0, 0.1) is 5.41 Å². The Morgan fingerprint density at radius 3 is 2.55 bits per heavy atom. The Bertz CT molecular complexity index is 482. The van der Waals surface area contributed by atoms with Crippen LogP contribution in [0.25, 0.3) is 0 Å². The quantitative estimate of drug-likeness (QED) is 0.893. The summed E-state index contributed by atoms with van der Waals surface area (Å²) in [5.41, 5.74) is -0.113. The molecule has 1 aromatic rings. The van der Waals surface area contributed by atoms with Gasteiger partial charge >= 0.3 is 6.18 Å². The first kappa shape index (κ1) is 15.2. The molecule has 0 aliphatic carbocycles. The van der Waals surface area contributed by atoms with Crippen LogP contribution in [0.4, 0.5) is 18.9 Å². The zero-order valence-electron chi connectivity index (χ0n) is 11.8. The van der Waals surface area contributed by atoms with Crippen molar-refractivity contribution in [2.45, 2.75) is 39.5 Å². The normalized spacial score (nSPS) is 19.2. The maximum absolute atomic E-state index is 13.2. The number of benzene rings is 1. The molecule has 20 heavy (non-hydrogen) atoms. The summed E-state index contributed by atoms with van der Waals surface area (Å²) in [7, 11) is 0. The van der Waals surface area contributed by atoms with E-state index in [2.05, 4.69) is 13.8 Å². The average Bonchev–Trinajstić information content (AvgIpc) is 2.35. The molecule has 2 nitrogen and oxygen atoms in total. The van der Waals surface area contributed by atoms with Crippen LogP contribution in [0.2, 0.25) is 0 Å². The standard InChI is InChI=1S/C15H20F3NO/c1-14(2)6-3-7-19(10-14)13-5-4-11(9-20)8-12(13)15(16,17)18/h4-5,8,20H,3,6-7,9-10H2,1-2H3. The molecule has 1 saturated heterocycles. The summed E-state index contributed by atoms with van der Waals surface area (Å²) in [6.45, 7) is 5.04. The second kappa shape index (κ2) is 5.28. The minimum absolute atomic E-state index is 0.0246. The summed E-state index contributed by atoms with van der Waals surface area (Å²) in [5.74, 6) is 0. The Morgan fingerprint density at radius 2 is 2.00 bits per heavy atom. The molecule has 0 radical (unpaired) electrons. The number of hydrogen-bond acceptors (Lipinski definition) is 2. The van der Waals surface area contributed by atoms with E-state index in [4.69, 9.17) is 5.11 Å². The van der Waals surface area contributed by atoms with Crippen LogP contribution >= 0.6 is 0 Å². The molecule has 0 saturated carbocycles. The molecular formula is C15H20F3NO. The summed E-state index contributed by atoms with van der Waals surface area (Å²) in [6.07, 6.45) is -2.48. The smallest absolute Gasteiger partial charge is 0.392 e. The number of nitrogens with zero attached hydrogens (tertiary/aromatic N) is 1. The molecule has 5 heteroatoms. The van der Waals surface area contributed by atoms with Gasteiger partial charge in [-0.1, -0.05) is 19.9 Å². The van der Waals surface area contributed by atoms with Gasteiger partial charge in [0, 0.05) is 18.8 Å². The first-order valence-electron chi connectivity index (χ1n) is 6.79. The van der Waals surface area contributed by atoms with E-state index in [1.54, 1.807) is 6.07 Å². The Labute approximate surface area is 117 Å². The van der Waals surface area contributed by atoms with E-state index in [1.807, 2.05) is 4.90 Å². The number of aliphatic hydroxyl groups excluding tert-OH is 1. The van der Waals surface area contributed by atoms with Crippen LogP contribution in [0.1, 0.15) is 37.8 Å². The number of halogens is 3. The summed E-state index contributed by atoms with van der Waals surface area (Å²) in [6, 6.07) is 4.10. The van der Waals surface area contributed by atoms with Gasteiger partial charge in [0.2, 0.25) is 0 Å². The van der Waals surface area contributed by atoms with Crippen molar-refractivity contribution < 1.29 is 18.3 Å². The third-order valence-corrected chi connectivity index (χ3v) is 3.79. The monoisotopic (exact) mass is 287 g/mol. The van der Waals surface area contributed by atoms with Crippen LogP contribution in [-0.2, 0) is 12.8 Å². The topological polar surface area (TPSA) is 23.5 Å². The molecule has 1 aromatic carbocycles. The van der Waals surface area contributed by atoms with E-state index >= 15 is 0 Å². The molecule has 0 spiro atoms. The predicted octanol–water partition coefficient (Wildman–Crippen LogP) is 3.82. The average molecular weight is 287 g/mol. The van der Waals surface area contributed by atoms with Crippen LogP contribution in [0.5, 0.6) is 0 Å². The Hall–Kier alpha value is -1.23. The molecule has 1 N–H and O–H groups in total. The van der Waals surface area contributed by atoms with Crippen molar-refractivity contribution in [3.63, 3.8) is 0 Å². The van der Waals surface area contributed by atoms with Crippen molar-refractivity contribution in [2.75, 3.05) is 18.0 Å². The minimum atomic E-state index is -4.40. The molecule has 0 atom stereocenters. The fourth-order valence-electron chi connectivity index (χ4n) is 2.81. The van der Waals surface area contributed by atoms with E-state index in [0.717, 1.165) is 18.9 Å². The molecule has 0 bridgehead atoms. The van der Waals surface area contributed by atoms with Crippen molar-refractivity contribution in [3.8, 4) is 0 Å². The van der Waals surface area contributed by atoms with Crippen LogP contribution in [0.15, 0.2) is 18.2 Å². The van der Waals surface area contributed by atoms with Gasteiger partial charge in [0.05, 0.1) is 12.2 Å². The van der Waals surface area contributed by atoms with E-state index in [-0.39, 0.29) is 23.3 Å². The van der Waals surface area contributed by atoms with Crippen molar-refractivity contribution in [1.82, 2.24) is 0 Å². The lowest BCUT2D eigenvalue weighted by molar-refractivity contribution is -0.137. The Balaban J connectivity index is 2.40. The third kappa shape index (κ3) is 3.26. The van der Waals surface area contributed by atoms with Gasteiger partial charge in [0.1, 0.15) is 0 Å². The van der Waals surface area contributed by atoms with Gasteiger partial charge in [-0.3, -0.25) is 0 Å². The van der Waals surface area contributed by atoms with Crippen molar-refractivity contribution in [1.29, 1.82) is 0 Å². The molecule has 1 aliphatic rings. The van der Waals surface area contributed by atoms with Crippen LogP contribution in [-0.4, -0.2) is 18.2 Å². The Morgan fingerprint density at radius 1 is 1.30 bits per heavy atom. The third-order valence-electron chi connectivity index (χ3n) is 3.79. The molecule has 0 amide bonds. The first-order chi connectivity index (χ1) is 9.23. The number of aliphatic hydroxyl groups is 1. The van der Waals surface area contributed by atoms with Crippen molar-refractivity contribution in [2.24, 2.45) is 5.41 Å². The second-order valence-electron chi connectivity index (χ2n) is 6.20. The molecule has 1 aliphatic heterocycles. The Kier molecular flexibility index (Phi) is 4.00. The fourth-order valence-corrected chi connectivity index (χ4v) is 2.81. The second-order valence-corrected chi connectivity index (χ2v) is 6.20. The predicted molar refractivity (Wildman–Crippen MR) is 72.6 cm³/mol. The highest BCUT2D eigenvalue weighted by Gasteiger charge is 2.37. The van der Waals surface area contributed by atoms with Crippen LogP contribution in [0.3, 0.4) is 0 Å². The summed E-state index contributed by atoms with van der Waals surface area (Å²) in [4.78, 5) is 1.81. The maximum Gasteiger partial charge on any atom is 0.418 e. The fraction of sp³-hybridized carbons (Fsp3) is 0.600. The lowest BCUT2D eigenvalue weighted by atomic mass is 9.83. The molecule has 0 unspecified atom stereocenters. The van der Waals surface area contributed by atoms with E-state index in [9.17, 15) is 13.2 Å². The highest BCUT2D eigenvalue weighted by atomic mass is 19.4. The summed E-state index contributed by atoms with van der Waals surface area (Å²) >= 11 is 0. The van der Waals surface area contributed by atoms with E-state index in [1.165, 1.54) is 6.07 Å². The van der Waals surface area contributed by atoms with Gasteiger partial charge in [0.15, 0.2) is 0 Å². The number of rotatable bonds is 2. The van der Waals surface area contributed by atoms with Gasteiger partial charge in [-0.25, -0.2) is 0 Å². The SMILES string of the molecule is CC1(C)CCCN(c2ccc(CO)cc2C(F)(F)F)C1. The highest BCUT2D eigenvalue weighted by molar-refractivity contribution is 5.57. The largest absolute Gasteiger partial charge is 0.418 e.